The van der Waals surface area contributed by atoms with E-state index < -0.39 is 12.1 Å². The minimum atomic E-state index is -1.17. The number of nitrogens with zero attached hydrogens (tertiary/aromatic N) is 1. The molecule has 0 spiro atoms. The van der Waals surface area contributed by atoms with Crippen LogP contribution in [0.1, 0.15) is 23.7 Å². The van der Waals surface area contributed by atoms with E-state index in [9.17, 15) is 4.79 Å². The Bertz CT molecular complexity index is 437. The van der Waals surface area contributed by atoms with Crippen LogP contribution in [0.5, 0.6) is 5.75 Å². The molecule has 0 heterocycles. The van der Waals surface area contributed by atoms with Gasteiger partial charge in [-0.2, -0.15) is 5.26 Å². The third kappa shape index (κ3) is 2.42. The van der Waals surface area contributed by atoms with Gasteiger partial charge in [-0.25, -0.2) is 4.79 Å². The van der Waals surface area contributed by atoms with Crippen LogP contribution in [0.2, 0.25) is 0 Å². The summed E-state index contributed by atoms with van der Waals surface area (Å²) in [6.45, 7) is 1.78. The van der Waals surface area contributed by atoms with Crippen molar-refractivity contribution in [3.05, 3.63) is 23.8 Å². The molecule has 0 aliphatic carbocycles. The number of rotatable bonds is 4. The molecule has 1 aromatic carbocycles. The predicted molar refractivity (Wildman–Crippen MR) is 58.1 cm³/mol. The number of hydrogen-bond donors (Lipinski definition) is 2. The van der Waals surface area contributed by atoms with Crippen molar-refractivity contribution in [2.45, 2.75) is 19.4 Å². The molecular weight excluding hydrogens is 208 g/mol. The summed E-state index contributed by atoms with van der Waals surface area (Å²) in [5, 5.41) is 17.7. The first-order valence-corrected chi connectivity index (χ1v) is 4.78. The van der Waals surface area contributed by atoms with Crippen molar-refractivity contribution in [2.24, 2.45) is 0 Å². The van der Waals surface area contributed by atoms with E-state index in [0.717, 1.165) is 0 Å². The molecule has 16 heavy (non-hydrogen) atoms. The van der Waals surface area contributed by atoms with E-state index in [4.69, 9.17) is 20.8 Å². The molecule has 1 unspecified atom stereocenters. The number of benzene rings is 1. The molecule has 5 nitrogen and oxygen atoms in total. The van der Waals surface area contributed by atoms with Crippen LogP contribution >= 0.6 is 0 Å². The number of carboxylic acid groups (broad SMARTS) is 1. The third-order valence-corrected chi connectivity index (χ3v) is 2.06. The van der Waals surface area contributed by atoms with E-state index in [2.05, 4.69) is 0 Å². The van der Waals surface area contributed by atoms with Crippen molar-refractivity contribution >= 4 is 11.7 Å². The van der Waals surface area contributed by atoms with Gasteiger partial charge in [0.05, 0.1) is 0 Å². The monoisotopic (exact) mass is 220 g/mol. The highest BCUT2D eigenvalue weighted by Crippen LogP contribution is 2.25. The molecule has 5 heteroatoms. The lowest BCUT2D eigenvalue weighted by molar-refractivity contribution is 0.0692. The average molecular weight is 220 g/mol. The summed E-state index contributed by atoms with van der Waals surface area (Å²) >= 11 is 0. The number of nitrogen functional groups attached to an aromatic ring is 1. The van der Waals surface area contributed by atoms with Gasteiger partial charge in [0, 0.05) is 5.69 Å². The van der Waals surface area contributed by atoms with Gasteiger partial charge in [-0.15, -0.1) is 0 Å². The minimum absolute atomic E-state index is 0.101. The molecule has 1 rings (SSSR count). The fraction of sp³-hybridized carbons (Fsp3) is 0.273. The van der Waals surface area contributed by atoms with E-state index >= 15 is 0 Å². The number of nitrogens with two attached hydrogens (primary N) is 1. The molecule has 0 saturated heterocycles. The Hall–Kier alpha value is -2.22. The first-order chi connectivity index (χ1) is 7.60. The summed E-state index contributed by atoms with van der Waals surface area (Å²) in [7, 11) is 0. The number of hydrogen-bond acceptors (Lipinski definition) is 4. The number of carbonyl (C=O) groups is 1. The minimum Gasteiger partial charge on any atom is -0.477 e. The second-order valence-electron chi connectivity index (χ2n) is 3.17. The normalized spacial score (nSPS) is 11.5. The largest absolute Gasteiger partial charge is 0.477 e. The molecular formula is C11H12N2O3. The summed E-state index contributed by atoms with van der Waals surface area (Å²) in [6.07, 6.45) is -0.190. The van der Waals surface area contributed by atoms with Gasteiger partial charge >= 0.3 is 5.97 Å². The van der Waals surface area contributed by atoms with Gasteiger partial charge in [-0.1, -0.05) is 13.0 Å². The van der Waals surface area contributed by atoms with Gasteiger partial charge in [0.1, 0.15) is 17.4 Å². The van der Waals surface area contributed by atoms with Crippen molar-refractivity contribution in [3.63, 3.8) is 0 Å². The van der Waals surface area contributed by atoms with Gasteiger partial charge in [0.25, 0.3) is 0 Å². The SMILES string of the molecule is CCC(C#N)Oc1cccc(N)c1C(=O)O. The van der Waals surface area contributed by atoms with Crippen molar-refractivity contribution in [3.8, 4) is 11.8 Å². The van der Waals surface area contributed by atoms with Gasteiger partial charge in [0.15, 0.2) is 6.10 Å². The Labute approximate surface area is 93.1 Å². The summed E-state index contributed by atoms with van der Waals surface area (Å²) in [5.41, 5.74) is 5.56. The maximum absolute atomic E-state index is 11.0. The Morgan fingerprint density at radius 2 is 2.38 bits per heavy atom. The first-order valence-electron chi connectivity index (χ1n) is 4.78. The highest BCUT2D eigenvalue weighted by atomic mass is 16.5. The van der Waals surface area contributed by atoms with Crippen LogP contribution in [-0.4, -0.2) is 17.2 Å². The van der Waals surface area contributed by atoms with Crippen LogP contribution in [0.25, 0.3) is 0 Å². The lowest BCUT2D eigenvalue weighted by Crippen LogP contribution is -2.15. The smallest absolute Gasteiger partial charge is 0.341 e. The van der Waals surface area contributed by atoms with Crippen molar-refractivity contribution in [2.75, 3.05) is 5.73 Å². The summed E-state index contributed by atoms with van der Waals surface area (Å²) in [6, 6.07) is 6.48. The number of nitriles is 1. The van der Waals surface area contributed by atoms with Crippen molar-refractivity contribution in [1.29, 1.82) is 5.26 Å². The summed E-state index contributed by atoms with van der Waals surface area (Å²) < 4.78 is 5.26. The van der Waals surface area contributed by atoms with Crippen molar-refractivity contribution < 1.29 is 14.6 Å². The molecule has 3 N–H and O–H groups in total. The molecule has 84 valence electrons. The van der Waals surface area contributed by atoms with Crippen LogP contribution in [0.15, 0.2) is 18.2 Å². The van der Waals surface area contributed by atoms with Gasteiger partial charge < -0.3 is 15.6 Å². The number of ether oxygens (including phenoxy) is 1. The van der Waals surface area contributed by atoms with Gasteiger partial charge in [-0.05, 0) is 18.6 Å². The van der Waals surface area contributed by atoms with Crippen molar-refractivity contribution in [1.82, 2.24) is 0 Å². The first kappa shape index (κ1) is 11.9. The van der Waals surface area contributed by atoms with Gasteiger partial charge in [-0.3, -0.25) is 0 Å². The number of carboxylic acids is 1. The second kappa shape index (κ2) is 5.03. The quantitative estimate of drug-likeness (QED) is 0.752. The van der Waals surface area contributed by atoms with Crippen LogP contribution in [-0.2, 0) is 0 Å². The third-order valence-electron chi connectivity index (χ3n) is 2.06. The Balaban J connectivity index is 3.09. The molecule has 0 saturated carbocycles. The fourth-order valence-corrected chi connectivity index (χ4v) is 1.23. The molecule has 0 radical (unpaired) electrons. The predicted octanol–water partition coefficient (Wildman–Crippen LogP) is 1.65. The van der Waals surface area contributed by atoms with E-state index in [1.165, 1.54) is 12.1 Å². The second-order valence-corrected chi connectivity index (χ2v) is 3.17. The van der Waals surface area contributed by atoms with Crippen LogP contribution in [0.3, 0.4) is 0 Å². The molecule has 0 amide bonds. The van der Waals surface area contributed by atoms with Crippen LogP contribution < -0.4 is 10.5 Å². The highest BCUT2D eigenvalue weighted by molar-refractivity contribution is 5.96. The Morgan fingerprint density at radius 1 is 1.69 bits per heavy atom. The average Bonchev–Trinajstić information content (AvgIpc) is 2.25. The van der Waals surface area contributed by atoms with E-state index in [1.54, 1.807) is 13.0 Å². The zero-order chi connectivity index (χ0) is 12.1. The molecule has 1 aromatic rings. The van der Waals surface area contributed by atoms with Gasteiger partial charge in [0.2, 0.25) is 0 Å². The standard InChI is InChI=1S/C11H12N2O3/c1-2-7(6-12)16-9-5-3-4-8(13)10(9)11(14)15/h3-5,7H,2,13H2,1H3,(H,14,15). The molecule has 0 aliphatic heterocycles. The molecule has 0 aromatic heterocycles. The summed E-state index contributed by atoms with van der Waals surface area (Å²) in [4.78, 5) is 11.0. The van der Waals surface area contributed by atoms with Crippen LogP contribution in [0.4, 0.5) is 5.69 Å². The summed E-state index contributed by atoms with van der Waals surface area (Å²) in [5.74, 6) is -1.04. The maximum Gasteiger partial charge on any atom is 0.341 e. The highest BCUT2D eigenvalue weighted by Gasteiger charge is 2.17. The zero-order valence-electron chi connectivity index (χ0n) is 8.80. The van der Waals surface area contributed by atoms with E-state index in [1.807, 2.05) is 6.07 Å². The fourth-order valence-electron chi connectivity index (χ4n) is 1.23. The molecule has 0 bridgehead atoms. The molecule has 0 aliphatic rings. The topological polar surface area (TPSA) is 96.3 Å². The van der Waals surface area contributed by atoms with E-state index in [-0.39, 0.29) is 17.0 Å². The lowest BCUT2D eigenvalue weighted by atomic mass is 10.1. The lowest BCUT2D eigenvalue weighted by Gasteiger charge is -2.13. The van der Waals surface area contributed by atoms with Crippen LogP contribution in [0, 0.1) is 11.3 Å². The maximum atomic E-state index is 11.0. The number of anilines is 1. The molecule has 0 fully saturated rings. The Kier molecular flexibility index (Phi) is 3.72. The Morgan fingerprint density at radius 3 is 2.88 bits per heavy atom. The molecule has 1 atom stereocenters. The number of aromatic carboxylic acids is 1. The van der Waals surface area contributed by atoms with E-state index in [0.29, 0.717) is 6.42 Å². The zero-order valence-corrected chi connectivity index (χ0v) is 8.80.